The lowest BCUT2D eigenvalue weighted by Crippen LogP contribution is -2.32. The average Bonchev–Trinajstić information content (AvgIpc) is 2.65. The molecule has 1 aromatic carbocycles. The molecule has 0 saturated carbocycles. The van der Waals surface area contributed by atoms with Crippen molar-refractivity contribution in [3.8, 4) is 6.07 Å². The SMILES string of the molecule is N#CC12C=CC=CC=C1CN(Cc1c(Cl)cccc1Cl)C2=O. The van der Waals surface area contributed by atoms with Gasteiger partial charge >= 0.3 is 0 Å². The summed E-state index contributed by atoms with van der Waals surface area (Å²) < 4.78 is 0. The van der Waals surface area contributed by atoms with Gasteiger partial charge in [0.1, 0.15) is 0 Å². The summed E-state index contributed by atoms with van der Waals surface area (Å²) in [6, 6.07) is 7.40. The molecule has 0 bridgehead atoms. The van der Waals surface area contributed by atoms with Crippen molar-refractivity contribution in [3.05, 3.63) is 69.8 Å². The van der Waals surface area contributed by atoms with Gasteiger partial charge in [-0.3, -0.25) is 4.79 Å². The molecule has 5 heteroatoms. The van der Waals surface area contributed by atoms with Gasteiger partial charge in [0.2, 0.25) is 0 Å². The third kappa shape index (κ3) is 2.25. The van der Waals surface area contributed by atoms with Crippen LogP contribution in [0.25, 0.3) is 0 Å². The van der Waals surface area contributed by atoms with E-state index >= 15 is 0 Å². The molecule has 0 spiro atoms. The predicted molar refractivity (Wildman–Crippen MR) is 86.3 cm³/mol. The van der Waals surface area contributed by atoms with Crippen LogP contribution in [0.4, 0.5) is 0 Å². The summed E-state index contributed by atoms with van der Waals surface area (Å²) >= 11 is 12.4. The van der Waals surface area contributed by atoms with Crippen molar-refractivity contribution in [2.45, 2.75) is 6.54 Å². The second-order valence-corrected chi connectivity index (χ2v) is 6.03. The summed E-state index contributed by atoms with van der Waals surface area (Å²) in [5, 5.41) is 10.6. The van der Waals surface area contributed by atoms with Crippen LogP contribution in [0.3, 0.4) is 0 Å². The standard InChI is InChI=1S/C17H12Cl2N2O/c18-14-6-4-7-15(19)13(14)10-21-9-12-5-2-1-3-8-17(12,11-20)16(21)22/h1-8H,9-10H2. The number of rotatable bonds is 2. The van der Waals surface area contributed by atoms with Crippen LogP contribution in [0.2, 0.25) is 10.0 Å². The number of allylic oxidation sites excluding steroid dienone is 4. The van der Waals surface area contributed by atoms with E-state index in [2.05, 4.69) is 6.07 Å². The van der Waals surface area contributed by atoms with Crippen molar-refractivity contribution in [1.29, 1.82) is 5.26 Å². The smallest absolute Gasteiger partial charge is 0.251 e. The maximum Gasteiger partial charge on any atom is 0.251 e. The van der Waals surface area contributed by atoms with Gasteiger partial charge in [0.15, 0.2) is 5.41 Å². The van der Waals surface area contributed by atoms with Crippen LogP contribution in [-0.2, 0) is 11.3 Å². The Hall–Kier alpha value is -2.02. The van der Waals surface area contributed by atoms with E-state index in [-0.39, 0.29) is 12.5 Å². The number of benzene rings is 1. The maximum absolute atomic E-state index is 12.8. The first-order valence-corrected chi connectivity index (χ1v) is 7.53. The van der Waals surface area contributed by atoms with Crippen molar-refractivity contribution in [2.75, 3.05) is 6.54 Å². The summed E-state index contributed by atoms with van der Waals surface area (Å²) in [6.45, 7) is 0.679. The second-order valence-electron chi connectivity index (χ2n) is 5.22. The topological polar surface area (TPSA) is 44.1 Å². The molecule has 3 nitrogen and oxygen atoms in total. The summed E-state index contributed by atoms with van der Waals surface area (Å²) in [5.74, 6) is -0.239. The number of hydrogen-bond donors (Lipinski definition) is 0. The van der Waals surface area contributed by atoms with Crippen molar-refractivity contribution < 1.29 is 4.79 Å². The third-order valence-corrected chi connectivity index (χ3v) is 4.65. The van der Waals surface area contributed by atoms with Gasteiger partial charge in [-0.2, -0.15) is 5.26 Å². The highest BCUT2D eigenvalue weighted by Crippen LogP contribution is 2.40. The first-order valence-electron chi connectivity index (χ1n) is 6.77. The Balaban J connectivity index is 1.97. The van der Waals surface area contributed by atoms with Crippen LogP contribution in [0.15, 0.2) is 54.2 Å². The van der Waals surface area contributed by atoms with E-state index < -0.39 is 5.41 Å². The number of halogens is 2. The minimum absolute atomic E-state index is 0.239. The Kier molecular flexibility index (Phi) is 3.82. The molecule has 1 atom stereocenters. The Labute approximate surface area is 138 Å². The van der Waals surface area contributed by atoms with Crippen molar-refractivity contribution in [2.24, 2.45) is 5.41 Å². The predicted octanol–water partition coefficient (Wildman–Crippen LogP) is 3.90. The summed E-state index contributed by atoms with van der Waals surface area (Å²) in [7, 11) is 0. The number of fused-ring (bicyclic) bond motifs is 1. The van der Waals surface area contributed by atoms with Gasteiger partial charge in [-0.1, -0.05) is 59.6 Å². The molecular formula is C17H12Cl2N2O. The van der Waals surface area contributed by atoms with E-state index in [4.69, 9.17) is 23.2 Å². The molecule has 1 unspecified atom stereocenters. The molecule has 0 aromatic heterocycles. The van der Waals surface area contributed by atoms with Crippen molar-refractivity contribution in [3.63, 3.8) is 0 Å². The fraction of sp³-hybridized carbons (Fsp3) is 0.176. The number of nitriles is 1. The highest BCUT2D eigenvalue weighted by atomic mass is 35.5. The lowest BCUT2D eigenvalue weighted by Gasteiger charge is -2.19. The van der Waals surface area contributed by atoms with E-state index in [0.29, 0.717) is 22.2 Å². The maximum atomic E-state index is 12.8. The molecule has 1 saturated heterocycles. The van der Waals surface area contributed by atoms with Gasteiger partial charge in [-0.25, -0.2) is 0 Å². The molecule has 0 N–H and O–H groups in total. The van der Waals surface area contributed by atoms with E-state index in [0.717, 1.165) is 5.57 Å². The number of carbonyl (C=O) groups is 1. The average molecular weight is 331 g/mol. The number of nitrogens with zero attached hydrogens (tertiary/aromatic N) is 2. The molecule has 22 heavy (non-hydrogen) atoms. The zero-order valence-corrected chi connectivity index (χ0v) is 13.1. The minimum Gasteiger partial charge on any atom is -0.332 e. The van der Waals surface area contributed by atoms with E-state index in [1.807, 2.05) is 18.2 Å². The van der Waals surface area contributed by atoms with Crippen molar-refractivity contribution >= 4 is 29.1 Å². The van der Waals surface area contributed by atoms with Crippen LogP contribution in [0.1, 0.15) is 5.56 Å². The molecule has 3 rings (SSSR count). The number of likely N-dealkylation sites (tertiary alicyclic amines) is 1. The number of carbonyl (C=O) groups excluding carboxylic acids is 1. The van der Waals surface area contributed by atoms with E-state index in [1.165, 1.54) is 0 Å². The molecular weight excluding hydrogens is 319 g/mol. The zero-order valence-electron chi connectivity index (χ0n) is 11.6. The molecule has 1 aliphatic carbocycles. The van der Waals surface area contributed by atoms with E-state index in [9.17, 15) is 10.1 Å². The zero-order chi connectivity index (χ0) is 15.7. The largest absolute Gasteiger partial charge is 0.332 e. The molecule has 1 amide bonds. The van der Waals surface area contributed by atoms with Crippen LogP contribution >= 0.6 is 23.2 Å². The quantitative estimate of drug-likeness (QED) is 0.825. The number of hydrogen-bond acceptors (Lipinski definition) is 2. The first-order chi connectivity index (χ1) is 10.6. The van der Waals surface area contributed by atoms with Gasteiger partial charge in [0.05, 0.1) is 6.07 Å². The molecule has 0 radical (unpaired) electrons. The van der Waals surface area contributed by atoms with Gasteiger partial charge < -0.3 is 4.90 Å². The number of amides is 1. The fourth-order valence-electron chi connectivity index (χ4n) is 2.75. The molecule has 1 aromatic rings. The molecule has 1 heterocycles. The minimum atomic E-state index is -1.21. The van der Waals surface area contributed by atoms with E-state index in [1.54, 1.807) is 35.3 Å². The molecule has 2 aliphatic rings. The normalized spacial score (nSPS) is 23.0. The monoisotopic (exact) mass is 330 g/mol. The van der Waals surface area contributed by atoms with Crippen LogP contribution < -0.4 is 0 Å². The lowest BCUT2D eigenvalue weighted by atomic mass is 9.83. The Morgan fingerprint density at radius 1 is 1.23 bits per heavy atom. The van der Waals surface area contributed by atoms with Gasteiger partial charge in [0.25, 0.3) is 5.91 Å². The fourth-order valence-corrected chi connectivity index (χ4v) is 3.26. The molecule has 1 fully saturated rings. The second kappa shape index (κ2) is 5.64. The lowest BCUT2D eigenvalue weighted by molar-refractivity contribution is -0.132. The van der Waals surface area contributed by atoms with Crippen molar-refractivity contribution in [1.82, 2.24) is 4.90 Å². The van der Waals surface area contributed by atoms with Gasteiger partial charge in [0, 0.05) is 28.7 Å². The first kappa shape index (κ1) is 14.9. The third-order valence-electron chi connectivity index (χ3n) is 3.95. The van der Waals surface area contributed by atoms with Gasteiger partial charge in [-0.15, -0.1) is 0 Å². The highest BCUT2D eigenvalue weighted by Gasteiger charge is 2.49. The van der Waals surface area contributed by atoms with Gasteiger partial charge in [-0.05, 0) is 17.7 Å². The summed E-state index contributed by atoms with van der Waals surface area (Å²) in [4.78, 5) is 14.4. The Bertz CT molecular complexity index is 753. The summed E-state index contributed by atoms with van der Waals surface area (Å²) in [5.41, 5.74) is 0.258. The Morgan fingerprint density at radius 2 is 1.95 bits per heavy atom. The highest BCUT2D eigenvalue weighted by molar-refractivity contribution is 6.36. The van der Waals surface area contributed by atoms with Crippen LogP contribution in [-0.4, -0.2) is 17.4 Å². The van der Waals surface area contributed by atoms with Crippen LogP contribution in [0.5, 0.6) is 0 Å². The van der Waals surface area contributed by atoms with Crippen LogP contribution in [0, 0.1) is 16.7 Å². The summed E-state index contributed by atoms with van der Waals surface area (Å²) in [6.07, 6.45) is 8.86. The molecule has 110 valence electrons. The molecule has 1 aliphatic heterocycles. The Morgan fingerprint density at radius 3 is 2.64 bits per heavy atom.